The number of ether oxygens (including phenoxy) is 1. The Labute approximate surface area is 167 Å². The first kappa shape index (κ1) is 20.2. The summed E-state index contributed by atoms with van der Waals surface area (Å²) in [6.45, 7) is 8.90. The number of nitrogens with one attached hydrogen (secondary N) is 2. The maximum absolute atomic E-state index is 5.30. The fourth-order valence-electron chi connectivity index (χ4n) is 3.20. The van der Waals surface area contributed by atoms with E-state index in [-0.39, 0.29) is 29.4 Å². The molecule has 2 saturated heterocycles. The molecule has 3 rings (SSSR count). The van der Waals surface area contributed by atoms with Gasteiger partial charge in [0.1, 0.15) is 5.82 Å². The highest BCUT2D eigenvalue weighted by molar-refractivity contribution is 14.0. The molecule has 0 atom stereocenters. The van der Waals surface area contributed by atoms with Crippen molar-refractivity contribution in [3.05, 3.63) is 23.9 Å². The van der Waals surface area contributed by atoms with Crippen molar-refractivity contribution in [1.29, 1.82) is 0 Å². The van der Waals surface area contributed by atoms with E-state index in [0.29, 0.717) is 6.04 Å². The number of aryl methyl sites for hydroxylation is 1. The van der Waals surface area contributed by atoms with Gasteiger partial charge in [-0.25, -0.2) is 4.98 Å². The minimum Gasteiger partial charge on any atom is -0.380 e. The third-order valence-corrected chi connectivity index (χ3v) is 4.84. The van der Waals surface area contributed by atoms with Gasteiger partial charge < -0.3 is 20.3 Å². The Hall–Kier alpha value is -1.09. The molecule has 140 valence electrons. The molecule has 1 aromatic heterocycles. The number of anilines is 1. The molecule has 1 aromatic rings. The summed E-state index contributed by atoms with van der Waals surface area (Å²) in [4.78, 5) is 11.4. The average Bonchev–Trinajstić information content (AvgIpc) is 2.57. The molecule has 6 nitrogen and oxygen atoms in total. The van der Waals surface area contributed by atoms with Gasteiger partial charge in [-0.15, -0.1) is 24.0 Å². The number of guanidine groups is 1. The summed E-state index contributed by atoms with van der Waals surface area (Å²) in [6, 6.07) is 6.69. The lowest BCUT2D eigenvalue weighted by atomic mass is 9.89. The number of pyridine rings is 1. The van der Waals surface area contributed by atoms with Gasteiger partial charge in [-0.3, -0.25) is 4.99 Å². The third kappa shape index (κ3) is 5.44. The van der Waals surface area contributed by atoms with Crippen LogP contribution in [0, 0.1) is 12.3 Å². The van der Waals surface area contributed by atoms with Crippen LogP contribution in [0.15, 0.2) is 23.2 Å². The minimum absolute atomic E-state index is 0. The van der Waals surface area contributed by atoms with E-state index >= 15 is 0 Å². The molecule has 0 unspecified atom stereocenters. The van der Waals surface area contributed by atoms with Crippen molar-refractivity contribution in [2.45, 2.75) is 32.7 Å². The number of piperidine rings is 1. The van der Waals surface area contributed by atoms with Crippen LogP contribution < -0.4 is 15.5 Å². The van der Waals surface area contributed by atoms with E-state index in [2.05, 4.69) is 44.6 Å². The van der Waals surface area contributed by atoms with E-state index in [1.807, 2.05) is 20.0 Å². The molecule has 2 fully saturated rings. The van der Waals surface area contributed by atoms with Crippen molar-refractivity contribution in [3.8, 4) is 0 Å². The van der Waals surface area contributed by atoms with Crippen LogP contribution in [0.25, 0.3) is 0 Å². The van der Waals surface area contributed by atoms with Crippen molar-refractivity contribution >= 4 is 35.8 Å². The molecule has 3 heterocycles. The molecule has 2 aliphatic heterocycles. The maximum Gasteiger partial charge on any atom is 0.191 e. The van der Waals surface area contributed by atoms with Crippen LogP contribution in [0.1, 0.15) is 25.5 Å². The molecular formula is C18H30IN5O. The molecule has 25 heavy (non-hydrogen) atoms. The lowest BCUT2D eigenvalue weighted by Gasteiger charge is -2.39. The van der Waals surface area contributed by atoms with Gasteiger partial charge in [-0.05, 0) is 31.9 Å². The quantitative estimate of drug-likeness (QED) is 0.411. The first-order valence-electron chi connectivity index (χ1n) is 8.81. The second-order valence-electron chi connectivity index (χ2n) is 7.27. The van der Waals surface area contributed by atoms with Gasteiger partial charge in [0.15, 0.2) is 5.96 Å². The Bertz CT molecular complexity index is 583. The van der Waals surface area contributed by atoms with Crippen LogP contribution in [0.4, 0.5) is 5.82 Å². The fraction of sp³-hybridized carbons (Fsp3) is 0.667. The zero-order valence-corrected chi connectivity index (χ0v) is 17.7. The SMILES string of the molecule is CN=C(NCC1(C)COC1)NC1CCN(c2cccc(C)n2)CC1.I. The zero-order valence-electron chi connectivity index (χ0n) is 15.4. The first-order valence-corrected chi connectivity index (χ1v) is 8.81. The number of halogens is 1. The van der Waals surface area contributed by atoms with E-state index in [0.717, 1.165) is 63.2 Å². The number of aromatic nitrogens is 1. The second-order valence-corrected chi connectivity index (χ2v) is 7.27. The van der Waals surface area contributed by atoms with Crippen molar-refractivity contribution in [1.82, 2.24) is 15.6 Å². The molecule has 0 spiro atoms. The van der Waals surface area contributed by atoms with Gasteiger partial charge in [-0.1, -0.05) is 13.0 Å². The highest BCUT2D eigenvalue weighted by Crippen LogP contribution is 2.25. The molecule has 0 bridgehead atoms. The van der Waals surface area contributed by atoms with Crippen molar-refractivity contribution < 1.29 is 4.74 Å². The van der Waals surface area contributed by atoms with E-state index in [1.54, 1.807) is 0 Å². The summed E-state index contributed by atoms with van der Waals surface area (Å²) < 4.78 is 5.30. The van der Waals surface area contributed by atoms with E-state index < -0.39 is 0 Å². The first-order chi connectivity index (χ1) is 11.6. The van der Waals surface area contributed by atoms with Gasteiger partial charge in [0.2, 0.25) is 0 Å². The standard InChI is InChI=1S/C18H29N5O.HI/c1-14-5-4-6-16(21-14)23-9-7-15(8-10-23)22-17(19-3)20-11-18(2)12-24-13-18;/h4-6,15H,7-13H2,1-3H3,(H2,19,20,22);1H. The number of nitrogens with zero attached hydrogens (tertiary/aromatic N) is 3. The topological polar surface area (TPSA) is 61.8 Å². The van der Waals surface area contributed by atoms with Crippen molar-refractivity contribution in [2.24, 2.45) is 10.4 Å². The van der Waals surface area contributed by atoms with Gasteiger partial charge in [0.25, 0.3) is 0 Å². The zero-order chi connectivity index (χ0) is 17.0. The summed E-state index contributed by atoms with van der Waals surface area (Å²) in [5.74, 6) is 1.99. The van der Waals surface area contributed by atoms with Gasteiger partial charge in [0.05, 0.1) is 13.2 Å². The predicted molar refractivity (Wildman–Crippen MR) is 113 cm³/mol. The second kappa shape index (κ2) is 9.02. The fourth-order valence-corrected chi connectivity index (χ4v) is 3.20. The Morgan fingerprint density at radius 3 is 2.64 bits per heavy atom. The molecule has 2 aliphatic rings. The van der Waals surface area contributed by atoms with Crippen LogP contribution in [-0.4, -0.2) is 56.9 Å². The van der Waals surface area contributed by atoms with Crippen LogP contribution in [0.3, 0.4) is 0 Å². The third-order valence-electron chi connectivity index (χ3n) is 4.84. The molecule has 0 aliphatic carbocycles. The summed E-state index contributed by atoms with van der Waals surface area (Å²) >= 11 is 0. The number of hydrogen-bond acceptors (Lipinski definition) is 4. The predicted octanol–water partition coefficient (Wildman–Crippen LogP) is 2.18. The van der Waals surface area contributed by atoms with Gasteiger partial charge >= 0.3 is 0 Å². The van der Waals surface area contributed by atoms with Crippen molar-refractivity contribution in [2.75, 3.05) is 44.8 Å². The molecule has 2 N–H and O–H groups in total. The summed E-state index contributed by atoms with van der Waals surface area (Å²) in [5, 5.41) is 7.00. The lowest BCUT2D eigenvalue weighted by molar-refractivity contribution is -0.0971. The summed E-state index contributed by atoms with van der Waals surface area (Å²) in [5.41, 5.74) is 1.32. The summed E-state index contributed by atoms with van der Waals surface area (Å²) in [6.07, 6.45) is 2.19. The Morgan fingerprint density at radius 1 is 1.36 bits per heavy atom. The van der Waals surface area contributed by atoms with Gasteiger partial charge in [-0.2, -0.15) is 0 Å². The maximum atomic E-state index is 5.30. The summed E-state index contributed by atoms with van der Waals surface area (Å²) in [7, 11) is 1.83. The Morgan fingerprint density at radius 2 is 2.08 bits per heavy atom. The normalized spacial score (nSPS) is 20.4. The smallest absolute Gasteiger partial charge is 0.191 e. The molecular weight excluding hydrogens is 429 g/mol. The number of hydrogen-bond donors (Lipinski definition) is 2. The minimum atomic E-state index is 0. The number of rotatable bonds is 4. The number of aliphatic imine (C=N–C) groups is 1. The highest BCUT2D eigenvalue weighted by atomic mass is 127. The van der Waals surface area contributed by atoms with E-state index in [4.69, 9.17) is 4.74 Å². The molecule has 0 aromatic carbocycles. The van der Waals surface area contributed by atoms with Crippen LogP contribution in [0.5, 0.6) is 0 Å². The largest absolute Gasteiger partial charge is 0.380 e. The molecule has 0 amide bonds. The lowest BCUT2D eigenvalue weighted by Crippen LogP contribution is -2.53. The molecule has 7 heteroatoms. The molecule has 0 saturated carbocycles. The van der Waals surface area contributed by atoms with Crippen LogP contribution in [-0.2, 0) is 4.74 Å². The Kier molecular flexibility index (Phi) is 7.30. The van der Waals surface area contributed by atoms with Crippen LogP contribution >= 0.6 is 24.0 Å². The Balaban J connectivity index is 0.00000225. The average molecular weight is 459 g/mol. The van der Waals surface area contributed by atoms with Crippen LogP contribution in [0.2, 0.25) is 0 Å². The monoisotopic (exact) mass is 459 g/mol. The molecule has 0 radical (unpaired) electrons. The van der Waals surface area contributed by atoms with E-state index in [1.165, 1.54) is 0 Å². The van der Waals surface area contributed by atoms with Gasteiger partial charge in [0, 0.05) is 43.8 Å². The highest BCUT2D eigenvalue weighted by Gasteiger charge is 2.33. The van der Waals surface area contributed by atoms with E-state index in [9.17, 15) is 0 Å². The van der Waals surface area contributed by atoms with Crippen molar-refractivity contribution in [3.63, 3.8) is 0 Å².